The van der Waals surface area contributed by atoms with Gasteiger partial charge in [-0.1, -0.05) is 23.7 Å². The van der Waals surface area contributed by atoms with Crippen molar-refractivity contribution in [2.45, 2.75) is 20.0 Å². The molecular formula is C15H17ClN2OS. The van der Waals surface area contributed by atoms with Gasteiger partial charge in [0.1, 0.15) is 0 Å². The van der Waals surface area contributed by atoms with E-state index in [1.165, 1.54) is 4.88 Å². The number of amides is 1. The molecule has 20 heavy (non-hydrogen) atoms. The Morgan fingerprint density at radius 1 is 1.35 bits per heavy atom. The summed E-state index contributed by atoms with van der Waals surface area (Å²) in [4.78, 5) is 14.1. The molecule has 1 aromatic heterocycles. The zero-order chi connectivity index (χ0) is 14.5. The molecule has 0 saturated carbocycles. The maximum Gasteiger partial charge on any atom is 0.219 e. The van der Waals surface area contributed by atoms with E-state index >= 15 is 0 Å². The molecule has 106 valence electrons. The van der Waals surface area contributed by atoms with Gasteiger partial charge in [-0.05, 0) is 29.8 Å². The molecular weight excluding hydrogens is 292 g/mol. The third-order valence-electron chi connectivity index (χ3n) is 2.98. The maximum atomic E-state index is 11.2. The van der Waals surface area contributed by atoms with Gasteiger partial charge in [0.25, 0.3) is 0 Å². The van der Waals surface area contributed by atoms with Crippen LogP contribution in [0.5, 0.6) is 0 Å². The first-order chi connectivity index (χ1) is 9.54. The number of hydrogen-bond donors (Lipinski definition) is 1. The average Bonchev–Trinajstić information content (AvgIpc) is 2.82. The Kier molecular flexibility index (Phi) is 5.04. The molecule has 0 radical (unpaired) electrons. The molecule has 0 unspecified atom stereocenters. The van der Waals surface area contributed by atoms with Crippen LogP contribution in [0.4, 0.5) is 5.69 Å². The molecule has 3 nitrogen and oxygen atoms in total. The second-order valence-corrected chi connectivity index (χ2v) is 6.43. The normalized spacial score (nSPS) is 10.3. The second-order valence-electron chi connectivity index (χ2n) is 4.63. The lowest BCUT2D eigenvalue weighted by Crippen LogP contribution is -2.22. The monoisotopic (exact) mass is 308 g/mol. The molecule has 2 aromatic rings. The van der Waals surface area contributed by atoms with E-state index in [1.54, 1.807) is 30.2 Å². The Labute approximate surface area is 128 Å². The summed E-state index contributed by atoms with van der Waals surface area (Å²) < 4.78 is 0.804. The van der Waals surface area contributed by atoms with Gasteiger partial charge in [0.05, 0.1) is 4.34 Å². The first kappa shape index (κ1) is 14.9. The molecule has 0 atom stereocenters. The molecule has 0 aliphatic carbocycles. The molecule has 0 aliphatic heterocycles. The first-order valence-electron chi connectivity index (χ1n) is 6.33. The van der Waals surface area contributed by atoms with Crippen molar-refractivity contribution in [3.05, 3.63) is 51.2 Å². The number of thiophene rings is 1. The number of hydrogen-bond acceptors (Lipinski definition) is 3. The summed E-state index contributed by atoms with van der Waals surface area (Å²) in [6, 6.07) is 12.0. The fourth-order valence-electron chi connectivity index (χ4n) is 1.80. The topological polar surface area (TPSA) is 32.3 Å². The molecule has 0 fully saturated rings. The maximum absolute atomic E-state index is 11.2. The van der Waals surface area contributed by atoms with E-state index in [4.69, 9.17) is 11.6 Å². The van der Waals surface area contributed by atoms with E-state index < -0.39 is 0 Å². The van der Waals surface area contributed by atoms with E-state index in [0.29, 0.717) is 6.54 Å². The third kappa shape index (κ3) is 4.25. The SMILES string of the molecule is CC(=O)N(C)Cc1cccc(NCc2ccc(Cl)s2)c1. The highest BCUT2D eigenvalue weighted by Gasteiger charge is 2.04. The smallest absolute Gasteiger partial charge is 0.219 e. The summed E-state index contributed by atoms with van der Waals surface area (Å²) in [6.45, 7) is 2.95. The lowest BCUT2D eigenvalue weighted by molar-refractivity contribution is -0.128. The quantitative estimate of drug-likeness (QED) is 0.905. The van der Waals surface area contributed by atoms with E-state index in [1.807, 2.05) is 30.3 Å². The Balaban J connectivity index is 1.97. The Morgan fingerprint density at radius 3 is 2.80 bits per heavy atom. The van der Waals surface area contributed by atoms with Gasteiger partial charge in [0.15, 0.2) is 0 Å². The standard InChI is InChI=1S/C15H17ClN2OS/c1-11(19)18(2)10-12-4-3-5-13(8-12)17-9-14-6-7-15(16)20-14/h3-8,17H,9-10H2,1-2H3. The van der Waals surface area contributed by atoms with Crippen molar-refractivity contribution in [3.63, 3.8) is 0 Å². The number of carbonyl (C=O) groups excluding carboxylic acids is 1. The number of benzene rings is 1. The number of rotatable bonds is 5. The van der Waals surface area contributed by atoms with E-state index in [-0.39, 0.29) is 5.91 Å². The van der Waals surface area contributed by atoms with Crippen LogP contribution >= 0.6 is 22.9 Å². The van der Waals surface area contributed by atoms with Crippen LogP contribution in [0, 0.1) is 0 Å². The van der Waals surface area contributed by atoms with Crippen LogP contribution in [-0.2, 0) is 17.9 Å². The molecule has 1 aromatic carbocycles. The summed E-state index contributed by atoms with van der Waals surface area (Å²) in [6.07, 6.45) is 0. The van der Waals surface area contributed by atoms with Crippen molar-refractivity contribution < 1.29 is 4.79 Å². The molecule has 0 spiro atoms. The van der Waals surface area contributed by atoms with Gasteiger partial charge in [-0.3, -0.25) is 4.79 Å². The van der Waals surface area contributed by atoms with Gasteiger partial charge in [-0.15, -0.1) is 11.3 Å². The zero-order valence-corrected chi connectivity index (χ0v) is 13.1. The predicted octanol–water partition coefficient (Wildman–Crippen LogP) is 3.99. The van der Waals surface area contributed by atoms with Crippen molar-refractivity contribution in [1.82, 2.24) is 4.90 Å². The molecule has 1 heterocycles. The molecule has 2 rings (SSSR count). The minimum Gasteiger partial charge on any atom is -0.380 e. The number of anilines is 1. The summed E-state index contributed by atoms with van der Waals surface area (Å²) in [5.41, 5.74) is 2.15. The summed E-state index contributed by atoms with van der Waals surface area (Å²) in [7, 11) is 1.80. The van der Waals surface area contributed by atoms with E-state index in [2.05, 4.69) is 11.4 Å². The lowest BCUT2D eigenvalue weighted by atomic mass is 10.2. The highest BCUT2D eigenvalue weighted by Crippen LogP contribution is 2.22. The summed E-state index contributed by atoms with van der Waals surface area (Å²) >= 11 is 7.48. The van der Waals surface area contributed by atoms with Crippen molar-refractivity contribution in [2.75, 3.05) is 12.4 Å². The van der Waals surface area contributed by atoms with E-state index in [0.717, 1.165) is 22.1 Å². The fraction of sp³-hybridized carbons (Fsp3) is 0.267. The Bertz CT molecular complexity index is 597. The van der Waals surface area contributed by atoms with Crippen LogP contribution < -0.4 is 5.32 Å². The first-order valence-corrected chi connectivity index (χ1v) is 7.53. The molecule has 5 heteroatoms. The number of nitrogens with zero attached hydrogens (tertiary/aromatic N) is 1. The van der Waals surface area contributed by atoms with Gasteiger partial charge in [-0.25, -0.2) is 0 Å². The molecule has 0 bridgehead atoms. The molecule has 0 aliphatic rings. The molecule has 1 N–H and O–H groups in total. The highest BCUT2D eigenvalue weighted by atomic mass is 35.5. The minimum absolute atomic E-state index is 0.0663. The largest absolute Gasteiger partial charge is 0.380 e. The zero-order valence-electron chi connectivity index (χ0n) is 11.5. The summed E-state index contributed by atoms with van der Waals surface area (Å²) in [5.74, 6) is 0.0663. The average molecular weight is 309 g/mol. The van der Waals surface area contributed by atoms with Crippen molar-refractivity contribution in [2.24, 2.45) is 0 Å². The van der Waals surface area contributed by atoms with Gasteiger partial charge in [-0.2, -0.15) is 0 Å². The Hall–Kier alpha value is -1.52. The van der Waals surface area contributed by atoms with Crippen molar-refractivity contribution in [1.29, 1.82) is 0 Å². The number of carbonyl (C=O) groups is 1. The highest BCUT2D eigenvalue weighted by molar-refractivity contribution is 7.16. The van der Waals surface area contributed by atoms with Gasteiger partial charge in [0.2, 0.25) is 5.91 Å². The van der Waals surface area contributed by atoms with Gasteiger partial charge < -0.3 is 10.2 Å². The third-order valence-corrected chi connectivity index (χ3v) is 4.21. The van der Waals surface area contributed by atoms with Gasteiger partial charge >= 0.3 is 0 Å². The predicted molar refractivity (Wildman–Crippen MR) is 85.2 cm³/mol. The minimum atomic E-state index is 0.0663. The van der Waals surface area contributed by atoms with Crippen LogP contribution in [-0.4, -0.2) is 17.9 Å². The van der Waals surface area contributed by atoms with Crippen LogP contribution in [0.15, 0.2) is 36.4 Å². The van der Waals surface area contributed by atoms with E-state index in [9.17, 15) is 4.79 Å². The number of halogens is 1. The van der Waals surface area contributed by atoms with Crippen LogP contribution in [0.25, 0.3) is 0 Å². The van der Waals surface area contributed by atoms with Crippen LogP contribution in [0.1, 0.15) is 17.4 Å². The van der Waals surface area contributed by atoms with Gasteiger partial charge in [0, 0.05) is 37.6 Å². The summed E-state index contributed by atoms with van der Waals surface area (Å²) in [5, 5.41) is 3.37. The van der Waals surface area contributed by atoms with Crippen molar-refractivity contribution in [3.8, 4) is 0 Å². The van der Waals surface area contributed by atoms with Crippen LogP contribution in [0.3, 0.4) is 0 Å². The lowest BCUT2D eigenvalue weighted by Gasteiger charge is -2.15. The van der Waals surface area contributed by atoms with Crippen LogP contribution in [0.2, 0.25) is 4.34 Å². The molecule has 0 saturated heterocycles. The second kappa shape index (κ2) is 6.77. The molecule has 1 amide bonds. The number of nitrogens with one attached hydrogen (secondary N) is 1. The fourth-order valence-corrected chi connectivity index (χ4v) is 2.83. The Morgan fingerprint density at radius 2 is 2.15 bits per heavy atom. The van der Waals surface area contributed by atoms with Crippen molar-refractivity contribution >= 4 is 34.5 Å².